The second kappa shape index (κ2) is 5.19. The molecule has 0 spiro atoms. The smallest absolute Gasteiger partial charge is 0.338 e. The molecular weight excluding hydrogens is 302 g/mol. The van der Waals surface area contributed by atoms with E-state index in [-0.39, 0.29) is 19.5 Å². The Morgan fingerprint density at radius 3 is 2.29 bits per heavy atom. The zero-order valence-corrected chi connectivity index (χ0v) is 10.9. The average Bonchev–Trinajstić information content (AvgIpc) is 2.87. The summed E-state index contributed by atoms with van der Waals surface area (Å²) in [6.07, 6.45) is -9.29. The summed E-state index contributed by atoms with van der Waals surface area (Å²) < 4.78 is 77.0. The Bertz CT molecular complexity index is 448. The van der Waals surface area contributed by atoms with Gasteiger partial charge in [-0.05, 0) is 19.4 Å². The molecule has 1 N–H and O–H groups in total. The second-order valence-corrected chi connectivity index (χ2v) is 5.23. The van der Waals surface area contributed by atoms with Gasteiger partial charge < -0.3 is 10.2 Å². The van der Waals surface area contributed by atoms with Crippen molar-refractivity contribution in [3.8, 4) is 0 Å². The molecule has 2 aliphatic rings. The lowest BCUT2D eigenvalue weighted by Crippen LogP contribution is -2.54. The lowest BCUT2D eigenvalue weighted by atomic mass is 9.84. The van der Waals surface area contributed by atoms with Gasteiger partial charge in [0.1, 0.15) is 0 Å². The van der Waals surface area contributed by atoms with Crippen molar-refractivity contribution in [2.45, 2.75) is 25.2 Å². The van der Waals surface area contributed by atoms with Crippen molar-refractivity contribution in [2.75, 3.05) is 26.2 Å². The number of hydrogen-bond donors (Lipinski definition) is 1. The number of nitrogens with one attached hydrogen (secondary N) is 1. The van der Waals surface area contributed by atoms with Crippen LogP contribution in [0.25, 0.3) is 0 Å². The predicted octanol–water partition coefficient (Wildman–Crippen LogP) is 2.25. The van der Waals surface area contributed by atoms with Gasteiger partial charge in [0.25, 0.3) is 0 Å². The Morgan fingerprint density at radius 2 is 1.90 bits per heavy atom. The number of nitrogens with zero attached hydrogens (tertiary/aromatic N) is 1. The van der Waals surface area contributed by atoms with E-state index in [0.717, 1.165) is 11.0 Å². The molecule has 1 unspecified atom stereocenters. The number of rotatable bonds is 1. The van der Waals surface area contributed by atoms with E-state index in [4.69, 9.17) is 0 Å². The van der Waals surface area contributed by atoms with Crippen molar-refractivity contribution in [1.29, 1.82) is 0 Å². The summed E-state index contributed by atoms with van der Waals surface area (Å²) in [5.41, 5.74) is -3.31. The summed E-state index contributed by atoms with van der Waals surface area (Å²) in [5.74, 6) is -1.14. The molecule has 1 amide bonds. The van der Waals surface area contributed by atoms with E-state index in [1.165, 1.54) is 0 Å². The minimum absolute atomic E-state index is 0.0583. The van der Waals surface area contributed by atoms with E-state index in [1.54, 1.807) is 0 Å². The number of carbonyl (C=O) groups excluding carboxylic acids is 1. The van der Waals surface area contributed by atoms with Crippen LogP contribution in [0, 0.1) is 5.41 Å². The van der Waals surface area contributed by atoms with E-state index in [9.17, 15) is 31.1 Å². The largest absolute Gasteiger partial charge is 0.412 e. The Morgan fingerprint density at radius 1 is 1.24 bits per heavy atom. The maximum absolute atomic E-state index is 13.2. The van der Waals surface area contributed by atoms with Crippen LogP contribution in [-0.4, -0.2) is 49.3 Å². The Kier molecular flexibility index (Phi) is 3.98. The van der Waals surface area contributed by atoms with Crippen molar-refractivity contribution in [3.63, 3.8) is 0 Å². The van der Waals surface area contributed by atoms with Crippen LogP contribution >= 0.6 is 0 Å². The zero-order chi connectivity index (χ0) is 15.9. The molecule has 2 heterocycles. The van der Waals surface area contributed by atoms with Crippen LogP contribution in [0.1, 0.15) is 12.8 Å². The first-order valence-corrected chi connectivity index (χ1v) is 6.41. The van der Waals surface area contributed by atoms with Gasteiger partial charge in [-0.15, -0.1) is 0 Å². The highest BCUT2D eigenvalue weighted by atomic mass is 19.4. The van der Waals surface area contributed by atoms with Crippen LogP contribution in [0.2, 0.25) is 0 Å². The first kappa shape index (κ1) is 16.1. The van der Waals surface area contributed by atoms with Gasteiger partial charge in [0.15, 0.2) is 5.41 Å². The van der Waals surface area contributed by atoms with Gasteiger partial charge >= 0.3 is 12.4 Å². The molecule has 0 aliphatic carbocycles. The van der Waals surface area contributed by atoms with Crippen molar-refractivity contribution in [3.05, 3.63) is 11.6 Å². The lowest BCUT2D eigenvalue weighted by molar-refractivity contribution is -0.221. The summed E-state index contributed by atoms with van der Waals surface area (Å²) in [4.78, 5) is 13.0. The third-order valence-electron chi connectivity index (χ3n) is 3.97. The van der Waals surface area contributed by atoms with Crippen molar-refractivity contribution in [1.82, 2.24) is 10.2 Å². The number of amides is 1. The summed E-state index contributed by atoms with van der Waals surface area (Å²) in [7, 11) is 0. The van der Waals surface area contributed by atoms with Gasteiger partial charge in [-0.2, -0.15) is 26.3 Å². The van der Waals surface area contributed by atoms with Gasteiger partial charge in [0.05, 0.1) is 0 Å². The van der Waals surface area contributed by atoms with E-state index in [0.29, 0.717) is 0 Å². The standard InChI is InChI=1S/C12H14F6N2O/c13-11(14,15)8-1-5-20(6-2-8)9(21)10(12(16,17)18)3-4-19-7-10/h1,19H,2-7H2. The first-order chi connectivity index (χ1) is 9.58. The molecular formula is C12H14F6N2O. The lowest BCUT2D eigenvalue weighted by Gasteiger charge is -2.36. The maximum Gasteiger partial charge on any atom is 0.412 e. The molecule has 2 aliphatic heterocycles. The molecule has 0 aromatic carbocycles. The fourth-order valence-corrected chi connectivity index (χ4v) is 2.65. The quantitative estimate of drug-likeness (QED) is 0.594. The average molecular weight is 316 g/mol. The third kappa shape index (κ3) is 2.88. The molecule has 0 aromatic rings. The van der Waals surface area contributed by atoms with E-state index in [1.807, 2.05) is 0 Å². The van der Waals surface area contributed by atoms with Crippen molar-refractivity contribution < 1.29 is 31.1 Å². The molecule has 0 aromatic heterocycles. The van der Waals surface area contributed by atoms with E-state index < -0.39 is 48.8 Å². The normalized spacial score (nSPS) is 27.7. The van der Waals surface area contributed by atoms with Crippen LogP contribution in [0.5, 0.6) is 0 Å². The minimum atomic E-state index is -4.72. The van der Waals surface area contributed by atoms with Crippen LogP contribution < -0.4 is 5.32 Å². The summed E-state index contributed by atoms with van der Waals surface area (Å²) in [5, 5.41) is 2.51. The molecule has 1 saturated heterocycles. The monoisotopic (exact) mass is 316 g/mol. The van der Waals surface area contributed by atoms with Crippen LogP contribution in [0.15, 0.2) is 11.6 Å². The molecule has 3 nitrogen and oxygen atoms in total. The zero-order valence-electron chi connectivity index (χ0n) is 10.9. The minimum Gasteiger partial charge on any atom is -0.338 e. The topological polar surface area (TPSA) is 32.3 Å². The molecule has 1 atom stereocenters. The fraction of sp³-hybridized carbons (Fsp3) is 0.750. The van der Waals surface area contributed by atoms with Crippen LogP contribution in [0.3, 0.4) is 0 Å². The number of carbonyl (C=O) groups is 1. The van der Waals surface area contributed by atoms with Gasteiger partial charge in [0, 0.05) is 25.2 Å². The van der Waals surface area contributed by atoms with Gasteiger partial charge in [-0.25, -0.2) is 0 Å². The number of halogens is 6. The first-order valence-electron chi connectivity index (χ1n) is 6.41. The SMILES string of the molecule is O=C(N1CC=C(C(F)(F)F)CC1)C1(C(F)(F)F)CCNC1. The third-order valence-corrected chi connectivity index (χ3v) is 3.97. The summed E-state index contributed by atoms with van der Waals surface area (Å²) in [6.45, 7) is -1.25. The Balaban J connectivity index is 2.16. The van der Waals surface area contributed by atoms with Crippen molar-refractivity contribution in [2.24, 2.45) is 5.41 Å². The molecule has 120 valence electrons. The van der Waals surface area contributed by atoms with Crippen LogP contribution in [-0.2, 0) is 4.79 Å². The maximum atomic E-state index is 13.2. The molecule has 21 heavy (non-hydrogen) atoms. The summed E-state index contributed by atoms with van der Waals surface area (Å²) in [6, 6.07) is 0. The van der Waals surface area contributed by atoms with Crippen molar-refractivity contribution >= 4 is 5.91 Å². The number of hydrogen-bond acceptors (Lipinski definition) is 2. The Labute approximate surface area is 117 Å². The molecule has 9 heteroatoms. The molecule has 2 rings (SSSR count). The molecule has 0 radical (unpaired) electrons. The Hall–Kier alpha value is -1.25. The van der Waals surface area contributed by atoms with Gasteiger partial charge in [-0.3, -0.25) is 4.79 Å². The highest BCUT2D eigenvalue weighted by Gasteiger charge is 2.62. The van der Waals surface area contributed by atoms with E-state index in [2.05, 4.69) is 5.32 Å². The van der Waals surface area contributed by atoms with Gasteiger partial charge in [0.2, 0.25) is 5.91 Å². The number of alkyl halides is 6. The molecule has 0 bridgehead atoms. The summed E-state index contributed by atoms with van der Waals surface area (Å²) >= 11 is 0. The highest BCUT2D eigenvalue weighted by molar-refractivity contribution is 5.84. The fourth-order valence-electron chi connectivity index (χ4n) is 2.65. The molecule has 0 saturated carbocycles. The predicted molar refractivity (Wildman–Crippen MR) is 61.3 cm³/mol. The van der Waals surface area contributed by atoms with Gasteiger partial charge in [-0.1, -0.05) is 6.08 Å². The highest BCUT2D eigenvalue weighted by Crippen LogP contribution is 2.45. The second-order valence-electron chi connectivity index (χ2n) is 5.23. The molecule has 1 fully saturated rings. The van der Waals surface area contributed by atoms with Crippen LogP contribution in [0.4, 0.5) is 26.3 Å². The van der Waals surface area contributed by atoms with E-state index >= 15 is 0 Å².